The molecule has 0 saturated heterocycles. The van der Waals surface area contributed by atoms with E-state index < -0.39 is 0 Å². The van der Waals surface area contributed by atoms with Gasteiger partial charge in [0.25, 0.3) is 5.91 Å². The Kier molecular flexibility index (Phi) is 4.43. The van der Waals surface area contributed by atoms with E-state index in [1.807, 2.05) is 43.3 Å². The zero-order chi connectivity index (χ0) is 16.9. The molecule has 0 radical (unpaired) electrons. The van der Waals surface area contributed by atoms with Crippen LogP contribution in [0.4, 0.5) is 0 Å². The number of nitriles is 1. The maximum Gasteiger partial charge on any atom is 0.258 e. The molecular weight excluding hydrogens is 306 g/mol. The number of pyridine rings is 1. The molecule has 2 aromatic heterocycles. The highest BCUT2D eigenvalue weighted by Crippen LogP contribution is 2.23. The van der Waals surface area contributed by atoms with Gasteiger partial charge >= 0.3 is 0 Å². The number of aromatic nitrogens is 1. The highest BCUT2D eigenvalue weighted by molar-refractivity contribution is 5.79. The molecule has 1 amide bonds. The lowest BCUT2D eigenvalue weighted by atomic mass is 10.2. The van der Waals surface area contributed by atoms with E-state index in [-0.39, 0.29) is 18.6 Å². The second-order valence-corrected chi connectivity index (χ2v) is 5.29. The van der Waals surface area contributed by atoms with E-state index in [0.29, 0.717) is 17.1 Å². The Bertz CT molecular complexity index is 878. The van der Waals surface area contributed by atoms with Crippen molar-refractivity contribution in [1.29, 1.82) is 5.26 Å². The van der Waals surface area contributed by atoms with Gasteiger partial charge in [-0.1, -0.05) is 18.2 Å². The molecule has 0 saturated carbocycles. The van der Waals surface area contributed by atoms with Crippen molar-refractivity contribution in [3.05, 3.63) is 60.1 Å². The Morgan fingerprint density at radius 1 is 1.38 bits per heavy atom. The molecule has 0 aliphatic heterocycles. The van der Waals surface area contributed by atoms with Gasteiger partial charge in [0.05, 0.1) is 17.8 Å². The predicted octanol–water partition coefficient (Wildman–Crippen LogP) is 2.96. The standard InChI is InChI=1S/C18H15N3O3/c1-12(17-7-14-4-2-3-5-16(14)24-17)21-18(22)11-23-15-6-13(8-19)9-20-10-15/h2-7,9-10,12H,11H2,1H3,(H,21,22). The first-order chi connectivity index (χ1) is 11.7. The molecule has 0 fully saturated rings. The van der Waals surface area contributed by atoms with Crippen LogP contribution in [-0.4, -0.2) is 17.5 Å². The third-order valence-electron chi connectivity index (χ3n) is 3.46. The summed E-state index contributed by atoms with van der Waals surface area (Å²) < 4.78 is 11.1. The Morgan fingerprint density at radius 3 is 3.00 bits per heavy atom. The van der Waals surface area contributed by atoms with Crippen molar-refractivity contribution < 1.29 is 13.9 Å². The minimum atomic E-state index is -0.287. The van der Waals surface area contributed by atoms with Crippen LogP contribution in [0.3, 0.4) is 0 Å². The van der Waals surface area contributed by atoms with Gasteiger partial charge in [-0.15, -0.1) is 0 Å². The van der Waals surface area contributed by atoms with E-state index in [4.69, 9.17) is 14.4 Å². The largest absolute Gasteiger partial charge is 0.482 e. The molecule has 1 unspecified atom stereocenters. The first-order valence-electron chi connectivity index (χ1n) is 7.41. The summed E-state index contributed by atoms with van der Waals surface area (Å²) in [7, 11) is 0. The molecule has 1 atom stereocenters. The number of nitrogens with zero attached hydrogens (tertiary/aromatic N) is 2. The average Bonchev–Trinajstić information content (AvgIpc) is 3.04. The van der Waals surface area contributed by atoms with Gasteiger partial charge in [-0.25, -0.2) is 0 Å². The summed E-state index contributed by atoms with van der Waals surface area (Å²) in [5, 5.41) is 12.6. The summed E-state index contributed by atoms with van der Waals surface area (Å²) in [6.07, 6.45) is 2.88. The van der Waals surface area contributed by atoms with E-state index >= 15 is 0 Å². The number of para-hydroxylation sites is 1. The number of ether oxygens (including phenoxy) is 1. The Morgan fingerprint density at radius 2 is 2.21 bits per heavy atom. The average molecular weight is 321 g/mol. The number of hydrogen-bond donors (Lipinski definition) is 1. The van der Waals surface area contributed by atoms with Crippen molar-refractivity contribution in [3.8, 4) is 11.8 Å². The molecule has 6 heteroatoms. The lowest BCUT2D eigenvalue weighted by molar-refractivity contribution is -0.123. The Hall–Kier alpha value is -3.33. The van der Waals surface area contributed by atoms with E-state index in [1.165, 1.54) is 18.5 Å². The molecule has 120 valence electrons. The van der Waals surface area contributed by atoms with Gasteiger partial charge in [-0.05, 0) is 19.1 Å². The molecule has 0 bridgehead atoms. The smallest absolute Gasteiger partial charge is 0.258 e. The van der Waals surface area contributed by atoms with Crippen LogP contribution < -0.4 is 10.1 Å². The number of fused-ring (bicyclic) bond motifs is 1. The minimum Gasteiger partial charge on any atom is -0.482 e. The molecule has 3 aromatic rings. The SMILES string of the molecule is CC(NC(=O)COc1cncc(C#N)c1)c1cc2ccccc2o1. The molecule has 3 rings (SSSR count). The number of carbonyl (C=O) groups is 1. The van der Waals surface area contributed by atoms with E-state index in [0.717, 1.165) is 11.0 Å². The highest BCUT2D eigenvalue weighted by Gasteiger charge is 2.14. The maximum absolute atomic E-state index is 12.0. The first-order valence-corrected chi connectivity index (χ1v) is 7.41. The maximum atomic E-state index is 12.0. The Balaban J connectivity index is 1.58. The van der Waals surface area contributed by atoms with Gasteiger partial charge in [-0.3, -0.25) is 9.78 Å². The summed E-state index contributed by atoms with van der Waals surface area (Å²) in [4.78, 5) is 15.9. The first kappa shape index (κ1) is 15.6. The number of benzene rings is 1. The zero-order valence-corrected chi connectivity index (χ0v) is 13.0. The summed E-state index contributed by atoms with van der Waals surface area (Å²) >= 11 is 0. The van der Waals surface area contributed by atoms with E-state index in [1.54, 1.807) is 0 Å². The van der Waals surface area contributed by atoms with Crippen LogP contribution in [0.25, 0.3) is 11.0 Å². The summed E-state index contributed by atoms with van der Waals surface area (Å²) in [6.45, 7) is 1.68. The molecule has 1 aromatic carbocycles. The number of carbonyl (C=O) groups excluding carboxylic acids is 1. The normalized spacial score (nSPS) is 11.7. The number of furan rings is 1. The minimum absolute atomic E-state index is 0.166. The van der Waals surface area contributed by atoms with Crippen molar-refractivity contribution in [2.24, 2.45) is 0 Å². The lowest BCUT2D eigenvalue weighted by Crippen LogP contribution is -2.31. The van der Waals surface area contributed by atoms with Gasteiger partial charge < -0.3 is 14.5 Å². The molecule has 0 aliphatic rings. The highest BCUT2D eigenvalue weighted by atomic mass is 16.5. The van der Waals surface area contributed by atoms with Crippen LogP contribution >= 0.6 is 0 Å². The van der Waals surface area contributed by atoms with Gasteiger partial charge in [0.15, 0.2) is 6.61 Å². The van der Waals surface area contributed by atoms with Crippen LogP contribution in [0, 0.1) is 11.3 Å². The second-order valence-electron chi connectivity index (χ2n) is 5.29. The van der Waals surface area contributed by atoms with Crippen molar-refractivity contribution >= 4 is 16.9 Å². The van der Waals surface area contributed by atoms with Gasteiger partial charge in [0.1, 0.15) is 23.2 Å². The molecular formula is C18H15N3O3. The number of rotatable bonds is 5. The lowest BCUT2D eigenvalue weighted by Gasteiger charge is -2.12. The van der Waals surface area contributed by atoms with Crippen LogP contribution in [0.2, 0.25) is 0 Å². The third kappa shape index (κ3) is 3.52. The van der Waals surface area contributed by atoms with Gasteiger partial charge in [0, 0.05) is 17.6 Å². The van der Waals surface area contributed by atoms with Crippen LogP contribution in [0.1, 0.15) is 24.3 Å². The fourth-order valence-corrected chi connectivity index (χ4v) is 2.28. The van der Waals surface area contributed by atoms with E-state index in [9.17, 15) is 4.79 Å². The van der Waals surface area contributed by atoms with Crippen molar-refractivity contribution in [2.45, 2.75) is 13.0 Å². The molecule has 2 heterocycles. The zero-order valence-electron chi connectivity index (χ0n) is 13.0. The predicted molar refractivity (Wildman–Crippen MR) is 87.2 cm³/mol. The molecule has 24 heavy (non-hydrogen) atoms. The van der Waals surface area contributed by atoms with Gasteiger partial charge in [-0.2, -0.15) is 5.26 Å². The van der Waals surface area contributed by atoms with Crippen LogP contribution in [-0.2, 0) is 4.79 Å². The number of amides is 1. The van der Waals surface area contributed by atoms with Crippen molar-refractivity contribution in [1.82, 2.24) is 10.3 Å². The summed E-state index contributed by atoms with van der Waals surface area (Å²) in [6, 6.07) is 12.8. The fourth-order valence-electron chi connectivity index (χ4n) is 2.28. The molecule has 0 aliphatic carbocycles. The third-order valence-corrected chi connectivity index (χ3v) is 3.46. The quantitative estimate of drug-likeness (QED) is 0.780. The monoisotopic (exact) mass is 321 g/mol. The van der Waals surface area contributed by atoms with Crippen molar-refractivity contribution in [3.63, 3.8) is 0 Å². The van der Waals surface area contributed by atoms with Crippen LogP contribution in [0.5, 0.6) is 5.75 Å². The fraction of sp³-hybridized carbons (Fsp3) is 0.167. The number of nitrogens with one attached hydrogen (secondary N) is 1. The summed E-state index contributed by atoms with van der Waals surface area (Å²) in [5.74, 6) is 0.767. The van der Waals surface area contributed by atoms with E-state index in [2.05, 4.69) is 10.3 Å². The van der Waals surface area contributed by atoms with Crippen molar-refractivity contribution in [2.75, 3.05) is 6.61 Å². The van der Waals surface area contributed by atoms with Gasteiger partial charge in [0.2, 0.25) is 0 Å². The topological polar surface area (TPSA) is 88.1 Å². The molecule has 1 N–H and O–H groups in total. The van der Waals surface area contributed by atoms with Crippen LogP contribution in [0.15, 0.2) is 53.2 Å². The second kappa shape index (κ2) is 6.84. The summed E-state index contributed by atoms with van der Waals surface area (Å²) in [5.41, 5.74) is 1.16. The molecule has 6 nitrogen and oxygen atoms in total. The number of hydrogen-bond acceptors (Lipinski definition) is 5. The Labute approximate surface area is 138 Å². The molecule has 0 spiro atoms.